The third kappa shape index (κ3) is 4.34. The van der Waals surface area contributed by atoms with Gasteiger partial charge < -0.3 is 9.64 Å². The lowest BCUT2D eigenvalue weighted by Crippen LogP contribution is -2.40. The van der Waals surface area contributed by atoms with Crippen molar-refractivity contribution in [3.63, 3.8) is 0 Å². The summed E-state index contributed by atoms with van der Waals surface area (Å²) in [6.07, 6.45) is 4.15. The van der Waals surface area contributed by atoms with Gasteiger partial charge >= 0.3 is 0 Å². The van der Waals surface area contributed by atoms with Crippen LogP contribution in [0.4, 0.5) is 0 Å². The largest absolute Gasteiger partial charge is 0.496 e. The number of rotatable bonds is 6. The van der Waals surface area contributed by atoms with E-state index in [1.54, 1.807) is 7.11 Å². The maximum absolute atomic E-state index is 12.7. The monoisotopic (exact) mass is 317 g/mol. The number of ketones is 1. The lowest BCUT2D eigenvalue weighted by Gasteiger charge is -2.31. The number of amides is 1. The summed E-state index contributed by atoms with van der Waals surface area (Å²) in [6, 6.07) is 5.60. The van der Waals surface area contributed by atoms with E-state index < -0.39 is 0 Å². The highest BCUT2D eigenvalue weighted by atomic mass is 16.5. The van der Waals surface area contributed by atoms with E-state index in [0.717, 1.165) is 42.6 Å². The van der Waals surface area contributed by atoms with Crippen LogP contribution in [0.3, 0.4) is 0 Å². The first-order valence-corrected chi connectivity index (χ1v) is 8.53. The Balaban J connectivity index is 1.93. The van der Waals surface area contributed by atoms with Crippen LogP contribution in [0.1, 0.15) is 54.9 Å². The zero-order valence-electron chi connectivity index (χ0n) is 14.4. The van der Waals surface area contributed by atoms with Crippen LogP contribution in [-0.2, 0) is 4.79 Å². The Bertz CT molecular complexity index is 560. The normalized spacial score (nSPS) is 15.5. The minimum Gasteiger partial charge on any atom is -0.496 e. The molecule has 1 aliphatic heterocycles. The first kappa shape index (κ1) is 17.5. The van der Waals surface area contributed by atoms with Crippen molar-refractivity contribution in [2.45, 2.75) is 46.0 Å². The molecule has 0 bridgehead atoms. The number of ether oxygens (including phenoxy) is 1. The molecule has 0 aliphatic carbocycles. The van der Waals surface area contributed by atoms with Crippen molar-refractivity contribution in [3.05, 3.63) is 29.3 Å². The maximum Gasteiger partial charge on any atom is 0.222 e. The van der Waals surface area contributed by atoms with Crippen LogP contribution in [0.5, 0.6) is 5.75 Å². The molecule has 4 nitrogen and oxygen atoms in total. The number of carbonyl (C=O) groups excluding carboxylic acids is 2. The summed E-state index contributed by atoms with van der Waals surface area (Å²) >= 11 is 0. The number of Topliss-reactive ketones (excluding diaryl/α,β-unsaturated/α-hetero) is 1. The number of unbranched alkanes of at least 4 members (excludes halogenated alkanes) is 1. The molecule has 0 saturated carbocycles. The van der Waals surface area contributed by atoms with Crippen molar-refractivity contribution in [1.29, 1.82) is 0 Å². The number of nitrogens with zero attached hydrogens (tertiary/aromatic N) is 1. The molecule has 0 N–H and O–H groups in total. The Labute approximate surface area is 138 Å². The summed E-state index contributed by atoms with van der Waals surface area (Å²) in [6.45, 7) is 5.45. The first-order valence-electron chi connectivity index (χ1n) is 8.53. The second-order valence-electron chi connectivity index (χ2n) is 6.31. The molecule has 0 unspecified atom stereocenters. The first-order chi connectivity index (χ1) is 11.1. The standard InChI is InChI=1S/C19H27NO3/c1-4-5-6-18(21)20-11-9-15(10-12-20)19(22)16-7-8-17(23-3)14(2)13-16/h7-8,13,15H,4-6,9-12H2,1-3H3. The number of carbonyl (C=O) groups is 2. The lowest BCUT2D eigenvalue weighted by atomic mass is 9.88. The summed E-state index contributed by atoms with van der Waals surface area (Å²) in [7, 11) is 1.63. The molecule has 1 aromatic rings. The van der Waals surface area contributed by atoms with Crippen LogP contribution in [0.25, 0.3) is 0 Å². The molecule has 1 aromatic carbocycles. The third-order valence-electron chi connectivity index (χ3n) is 4.64. The number of aryl methyl sites for hydroxylation is 1. The molecular weight excluding hydrogens is 290 g/mol. The van der Waals surface area contributed by atoms with Crippen LogP contribution in [0.15, 0.2) is 18.2 Å². The summed E-state index contributed by atoms with van der Waals surface area (Å²) in [5, 5.41) is 0. The molecule has 0 aromatic heterocycles. The van der Waals surface area contributed by atoms with Gasteiger partial charge in [0.15, 0.2) is 5.78 Å². The molecule has 1 heterocycles. The summed E-state index contributed by atoms with van der Waals surface area (Å²) in [4.78, 5) is 26.6. The number of likely N-dealkylation sites (tertiary alicyclic amines) is 1. The van der Waals surface area contributed by atoms with Gasteiger partial charge in [0.05, 0.1) is 7.11 Å². The highest BCUT2D eigenvalue weighted by Gasteiger charge is 2.27. The van der Waals surface area contributed by atoms with Gasteiger partial charge in [0.1, 0.15) is 5.75 Å². The second-order valence-corrected chi connectivity index (χ2v) is 6.31. The van der Waals surface area contributed by atoms with E-state index in [1.165, 1.54) is 0 Å². The minimum absolute atomic E-state index is 0.0259. The third-order valence-corrected chi connectivity index (χ3v) is 4.64. The van der Waals surface area contributed by atoms with E-state index in [-0.39, 0.29) is 17.6 Å². The van der Waals surface area contributed by atoms with Gasteiger partial charge in [-0.15, -0.1) is 0 Å². The van der Waals surface area contributed by atoms with Gasteiger partial charge in [-0.1, -0.05) is 13.3 Å². The molecule has 1 fully saturated rings. The van der Waals surface area contributed by atoms with Crippen LogP contribution in [-0.4, -0.2) is 36.8 Å². The zero-order chi connectivity index (χ0) is 16.8. The zero-order valence-corrected chi connectivity index (χ0v) is 14.4. The average Bonchev–Trinajstić information content (AvgIpc) is 2.59. The van der Waals surface area contributed by atoms with E-state index in [0.29, 0.717) is 19.5 Å². The molecule has 23 heavy (non-hydrogen) atoms. The van der Waals surface area contributed by atoms with Gasteiger partial charge in [-0.05, 0) is 49.9 Å². The fraction of sp³-hybridized carbons (Fsp3) is 0.579. The Hall–Kier alpha value is -1.84. The Morgan fingerprint density at radius 3 is 2.52 bits per heavy atom. The molecule has 1 amide bonds. The van der Waals surface area contributed by atoms with Gasteiger partial charge in [0, 0.05) is 31.0 Å². The topological polar surface area (TPSA) is 46.6 Å². The van der Waals surface area contributed by atoms with Crippen molar-refractivity contribution >= 4 is 11.7 Å². The lowest BCUT2D eigenvalue weighted by molar-refractivity contribution is -0.132. The smallest absolute Gasteiger partial charge is 0.222 e. The van der Waals surface area contributed by atoms with Crippen molar-refractivity contribution in [2.24, 2.45) is 5.92 Å². The van der Waals surface area contributed by atoms with E-state index >= 15 is 0 Å². The molecule has 0 radical (unpaired) electrons. The average molecular weight is 317 g/mol. The fourth-order valence-corrected chi connectivity index (χ4v) is 3.14. The second kappa shape index (κ2) is 8.14. The van der Waals surface area contributed by atoms with Crippen molar-refractivity contribution in [2.75, 3.05) is 20.2 Å². The number of piperidine rings is 1. The predicted octanol–water partition coefficient (Wildman–Crippen LogP) is 3.62. The van der Waals surface area contributed by atoms with E-state index in [9.17, 15) is 9.59 Å². The Kier molecular flexibility index (Phi) is 6.20. The van der Waals surface area contributed by atoms with Crippen LogP contribution in [0.2, 0.25) is 0 Å². The molecule has 0 atom stereocenters. The summed E-state index contributed by atoms with van der Waals surface area (Å²) in [5.41, 5.74) is 1.73. The highest BCUT2D eigenvalue weighted by molar-refractivity contribution is 5.98. The molecule has 126 valence electrons. The highest BCUT2D eigenvalue weighted by Crippen LogP contribution is 2.25. The molecule has 1 aliphatic rings. The molecular formula is C19H27NO3. The Morgan fingerprint density at radius 1 is 1.26 bits per heavy atom. The van der Waals surface area contributed by atoms with Gasteiger partial charge in [0.25, 0.3) is 0 Å². The SMILES string of the molecule is CCCCC(=O)N1CCC(C(=O)c2ccc(OC)c(C)c2)CC1. The minimum atomic E-state index is 0.0259. The fourth-order valence-electron chi connectivity index (χ4n) is 3.14. The van der Waals surface area contributed by atoms with E-state index in [1.807, 2.05) is 30.0 Å². The molecule has 1 saturated heterocycles. The number of hydrogen-bond acceptors (Lipinski definition) is 3. The van der Waals surface area contributed by atoms with Gasteiger partial charge in [0.2, 0.25) is 5.91 Å². The summed E-state index contributed by atoms with van der Waals surface area (Å²) in [5.74, 6) is 1.25. The number of methoxy groups -OCH3 is 1. The van der Waals surface area contributed by atoms with E-state index in [4.69, 9.17) is 4.74 Å². The van der Waals surface area contributed by atoms with E-state index in [2.05, 4.69) is 6.92 Å². The van der Waals surface area contributed by atoms with Crippen molar-refractivity contribution < 1.29 is 14.3 Å². The number of benzene rings is 1. The predicted molar refractivity (Wildman–Crippen MR) is 90.9 cm³/mol. The summed E-state index contributed by atoms with van der Waals surface area (Å²) < 4.78 is 5.24. The van der Waals surface area contributed by atoms with Crippen molar-refractivity contribution in [3.8, 4) is 5.75 Å². The van der Waals surface area contributed by atoms with Crippen LogP contribution >= 0.6 is 0 Å². The Morgan fingerprint density at radius 2 is 1.96 bits per heavy atom. The number of hydrogen-bond donors (Lipinski definition) is 0. The molecule has 4 heteroatoms. The molecule has 2 rings (SSSR count). The van der Waals surface area contributed by atoms with Gasteiger partial charge in [-0.25, -0.2) is 0 Å². The quantitative estimate of drug-likeness (QED) is 0.753. The van der Waals surface area contributed by atoms with Crippen molar-refractivity contribution in [1.82, 2.24) is 4.90 Å². The van der Waals surface area contributed by atoms with Crippen LogP contribution in [0, 0.1) is 12.8 Å². The van der Waals surface area contributed by atoms with Gasteiger partial charge in [-0.3, -0.25) is 9.59 Å². The van der Waals surface area contributed by atoms with Gasteiger partial charge in [-0.2, -0.15) is 0 Å². The maximum atomic E-state index is 12.7. The molecule has 0 spiro atoms. The van der Waals surface area contributed by atoms with Crippen LogP contribution < -0.4 is 4.74 Å².